The van der Waals surface area contributed by atoms with Crippen LogP contribution in [0.1, 0.15) is 11.1 Å². The van der Waals surface area contributed by atoms with Gasteiger partial charge in [0.1, 0.15) is 0 Å². The first kappa shape index (κ1) is 13.2. The quantitative estimate of drug-likeness (QED) is 0.689. The lowest BCUT2D eigenvalue weighted by atomic mass is 10.1. The van der Waals surface area contributed by atoms with Crippen LogP contribution in [0.4, 0.5) is 10.5 Å². The van der Waals surface area contributed by atoms with Crippen LogP contribution in [0.15, 0.2) is 48.8 Å². The highest BCUT2D eigenvalue weighted by molar-refractivity contribution is 5.91. The second kappa shape index (κ2) is 5.66. The van der Waals surface area contributed by atoms with Crippen molar-refractivity contribution in [1.29, 1.82) is 0 Å². The summed E-state index contributed by atoms with van der Waals surface area (Å²) in [7, 11) is 0. The third-order valence-corrected chi connectivity index (χ3v) is 3.21. The van der Waals surface area contributed by atoms with Crippen molar-refractivity contribution in [2.45, 2.75) is 13.5 Å². The number of aromatic amines is 1. The van der Waals surface area contributed by atoms with Crippen LogP contribution in [0.2, 0.25) is 0 Å². The van der Waals surface area contributed by atoms with Gasteiger partial charge in [0.25, 0.3) is 0 Å². The number of benzene rings is 2. The molecule has 0 atom stereocenters. The molecule has 3 N–H and O–H groups in total. The number of hydrogen-bond acceptors (Lipinski definition) is 2. The summed E-state index contributed by atoms with van der Waals surface area (Å²) in [5, 5.41) is 5.65. The zero-order valence-corrected chi connectivity index (χ0v) is 11.7. The van der Waals surface area contributed by atoms with E-state index in [1.165, 1.54) is 5.56 Å². The van der Waals surface area contributed by atoms with Crippen LogP contribution in [0.25, 0.3) is 11.0 Å². The number of urea groups is 1. The number of aromatic nitrogens is 2. The molecule has 5 heteroatoms. The predicted molar refractivity (Wildman–Crippen MR) is 83.1 cm³/mol. The van der Waals surface area contributed by atoms with E-state index in [2.05, 4.69) is 26.7 Å². The Morgan fingerprint density at radius 1 is 1.24 bits per heavy atom. The zero-order valence-electron chi connectivity index (χ0n) is 11.7. The summed E-state index contributed by atoms with van der Waals surface area (Å²) >= 11 is 0. The van der Waals surface area contributed by atoms with Crippen molar-refractivity contribution < 1.29 is 4.79 Å². The number of fused-ring (bicyclic) bond motifs is 1. The molecule has 1 aromatic heterocycles. The second-order valence-electron chi connectivity index (χ2n) is 4.93. The van der Waals surface area contributed by atoms with Gasteiger partial charge in [0.2, 0.25) is 0 Å². The number of hydrogen-bond donors (Lipinski definition) is 3. The number of aryl methyl sites for hydroxylation is 1. The number of carbonyl (C=O) groups excluding carboxylic acids is 1. The molecule has 0 aliphatic heterocycles. The summed E-state index contributed by atoms with van der Waals surface area (Å²) in [6.45, 7) is 2.53. The summed E-state index contributed by atoms with van der Waals surface area (Å²) in [6, 6.07) is 13.4. The molecule has 3 rings (SSSR count). The Morgan fingerprint density at radius 3 is 3.00 bits per heavy atom. The van der Waals surface area contributed by atoms with E-state index in [-0.39, 0.29) is 6.03 Å². The lowest BCUT2D eigenvalue weighted by Crippen LogP contribution is -2.28. The fourth-order valence-corrected chi connectivity index (χ4v) is 2.19. The van der Waals surface area contributed by atoms with Gasteiger partial charge in [-0.05, 0) is 30.7 Å². The number of amides is 2. The van der Waals surface area contributed by atoms with Gasteiger partial charge in [-0.2, -0.15) is 0 Å². The Hall–Kier alpha value is -2.82. The maximum absolute atomic E-state index is 11.9. The molecule has 3 aromatic rings. The number of H-pyrrole nitrogens is 1. The Bertz CT molecular complexity index is 779. The number of carbonyl (C=O) groups is 1. The van der Waals surface area contributed by atoms with E-state index in [1.54, 1.807) is 6.33 Å². The number of nitrogens with one attached hydrogen (secondary N) is 3. The first-order valence-electron chi connectivity index (χ1n) is 6.74. The maximum atomic E-state index is 11.9. The van der Waals surface area contributed by atoms with Gasteiger partial charge in [-0.1, -0.05) is 29.8 Å². The predicted octanol–water partition coefficient (Wildman–Crippen LogP) is 3.19. The molecule has 0 aliphatic carbocycles. The molecular formula is C16H16N4O. The summed E-state index contributed by atoms with van der Waals surface area (Å²) in [4.78, 5) is 19.1. The van der Waals surface area contributed by atoms with Gasteiger partial charge < -0.3 is 15.6 Å². The molecule has 0 saturated carbocycles. The smallest absolute Gasteiger partial charge is 0.319 e. The molecule has 1 heterocycles. The van der Waals surface area contributed by atoms with Crippen molar-refractivity contribution in [2.24, 2.45) is 0 Å². The first-order chi connectivity index (χ1) is 10.2. The van der Waals surface area contributed by atoms with Crippen LogP contribution >= 0.6 is 0 Å². The largest absolute Gasteiger partial charge is 0.345 e. The zero-order chi connectivity index (χ0) is 14.7. The molecule has 0 spiro atoms. The van der Waals surface area contributed by atoms with Crippen molar-refractivity contribution in [1.82, 2.24) is 15.3 Å². The SMILES string of the molecule is Cc1cccc(CNC(=O)Nc2ccc3nc[nH]c3c2)c1. The second-order valence-corrected chi connectivity index (χ2v) is 4.93. The van der Waals surface area contributed by atoms with Crippen LogP contribution in [0.5, 0.6) is 0 Å². The van der Waals surface area contributed by atoms with Crippen LogP contribution in [0, 0.1) is 6.92 Å². The van der Waals surface area contributed by atoms with E-state index in [4.69, 9.17) is 0 Å². The molecule has 0 saturated heterocycles. The molecule has 2 aromatic carbocycles. The van der Waals surface area contributed by atoms with Crippen molar-refractivity contribution in [3.63, 3.8) is 0 Å². The molecule has 106 valence electrons. The van der Waals surface area contributed by atoms with Gasteiger partial charge in [0.15, 0.2) is 0 Å². The first-order valence-corrected chi connectivity index (χ1v) is 6.74. The minimum Gasteiger partial charge on any atom is -0.345 e. The summed E-state index contributed by atoms with van der Waals surface area (Å²) in [5.74, 6) is 0. The van der Waals surface area contributed by atoms with Crippen molar-refractivity contribution in [3.05, 3.63) is 59.9 Å². The molecule has 0 radical (unpaired) electrons. The molecular weight excluding hydrogens is 264 g/mol. The lowest BCUT2D eigenvalue weighted by Gasteiger charge is -2.08. The van der Waals surface area contributed by atoms with E-state index in [0.29, 0.717) is 6.54 Å². The van der Waals surface area contributed by atoms with Crippen LogP contribution < -0.4 is 10.6 Å². The van der Waals surface area contributed by atoms with E-state index < -0.39 is 0 Å². The molecule has 5 nitrogen and oxygen atoms in total. The summed E-state index contributed by atoms with van der Waals surface area (Å²) in [6.07, 6.45) is 1.63. The number of rotatable bonds is 3. The van der Waals surface area contributed by atoms with E-state index >= 15 is 0 Å². The van der Waals surface area contributed by atoms with Crippen molar-refractivity contribution in [3.8, 4) is 0 Å². The number of nitrogens with zero attached hydrogens (tertiary/aromatic N) is 1. The van der Waals surface area contributed by atoms with Crippen LogP contribution in [-0.2, 0) is 6.54 Å². The Kier molecular flexibility index (Phi) is 3.55. The normalized spacial score (nSPS) is 10.5. The fraction of sp³-hybridized carbons (Fsp3) is 0.125. The third-order valence-electron chi connectivity index (χ3n) is 3.21. The minimum absolute atomic E-state index is 0.227. The maximum Gasteiger partial charge on any atom is 0.319 e. The Morgan fingerprint density at radius 2 is 2.14 bits per heavy atom. The Balaban J connectivity index is 1.60. The molecule has 0 bridgehead atoms. The highest BCUT2D eigenvalue weighted by Gasteiger charge is 2.03. The molecule has 0 unspecified atom stereocenters. The van der Waals surface area contributed by atoms with Gasteiger partial charge >= 0.3 is 6.03 Å². The van der Waals surface area contributed by atoms with Crippen molar-refractivity contribution in [2.75, 3.05) is 5.32 Å². The molecule has 2 amide bonds. The number of imidazole rings is 1. The summed E-state index contributed by atoms with van der Waals surface area (Å²) in [5.41, 5.74) is 4.76. The summed E-state index contributed by atoms with van der Waals surface area (Å²) < 4.78 is 0. The topological polar surface area (TPSA) is 69.8 Å². The van der Waals surface area contributed by atoms with Crippen molar-refractivity contribution >= 4 is 22.8 Å². The van der Waals surface area contributed by atoms with E-state index in [0.717, 1.165) is 22.3 Å². The standard InChI is InChI=1S/C16H16N4O/c1-11-3-2-4-12(7-11)9-17-16(21)20-13-5-6-14-15(8-13)19-10-18-14/h2-8,10H,9H2,1H3,(H,18,19)(H2,17,20,21). The minimum atomic E-state index is -0.227. The highest BCUT2D eigenvalue weighted by atomic mass is 16.2. The lowest BCUT2D eigenvalue weighted by molar-refractivity contribution is 0.251. The van der Waals surface area contributed by atoms with Gasteiger partial charge in [0, 0.05) is 12.2 Å². The fourth-order valence-electron chi connectivity index (χ4n) is 2.19. The molecule has 21 heavy (non-hydrogen) atoms. The van der Waals surface area contributed by atoms with Gasteiger partial charge in [0.05, 0.1) is 17.4 Å². The van der Waals surface area contributed by atoms with Gasteiger partial charge in [-0.25, -0.2) is 9.78 Å². The monoisotopic (exact) mass is 280 g/mol. The number of anilines is 1. The molecule has 0 fully saturated rings. The van der Waals surface area contributed by atoms with Crippen LogP contribution in [-0.4, -0.2) is 16.0 Å². The van der Waals surface area contributed by atoms with Gasteiger partial charge in [-0.3, -0.25) is 0 Å². The average molecular weight is 280 g/mol. The van der Waals surface area contributed by atoms with Gasteiger partial charge in [-0.15, -0.1) is 0 Å². The van der Waals surface area contributed by atoms with Crippen LogP contribution in [0.3, 0.4) is 0 Å². The van der Waals surface area contributed by atoms with E-state index in [9.17, 15) is 4.79 Å². The molecule has 0 aliphatic rings. The van der Waals surface area contributed by atoms with E-state index in [1.807, 2.05) is 43.3 Å². The third kappa shape index (κ3) is 3.20. The average Bonchev–Trinajstić information content (AvgIpc) is 2.93. The highest BCUT2D eigenvalue weighted by Crippen LogP contribution is 2.15. The Labute approximate surface area is 122 Å².